The number of methoxy groups -OCH3 is 1. The molecule has 0 aromatic heterocycles. The first-order valence-corrected chi connectivity index (χ1v) is 7.86. The molecule has 0 fully saturated rings. The molecule has 0 amide bonds. The molecule has 126 valence electrons. The normalized spacial score (nSPS) is 14.8. The molecule has 0 aromatic carbocycles. The summed E-state index contributed by atoms with van der Waals surface area (Å²) in [6.07, 6.45) is 2.37. The second-order valence-electron chi connectivity index (χ2n) is 6.01. The summed E-state index contributed by atoms with van der Waals surface area (Å²) in [4.78, 5) is 12.0. The maximum absolute atomic E-state index is 12.0. The Morgan fingerprint density at radius 1 is 1.10 bits per heavy atom. The molecule has 0 spiro atoms. The van der Waals surface area contributed by atoms with Gasteiger partial charge in [-0.05, 0) is 53.5 Å². The number of rotatable bonds is 12. The lowest BCUT2D eigenvalue weighted by Gasteiger charge is -2.28. The molecule has 5 heteroatoms. The summed E-state index contributed by atoms with van der Waals surface area (Å²) in [6.45, 7) is 12.2. The van der Waals surface area contributed by atoms with Crippen molar-refractivity contribution in [3.8, 4) is 0 Å². The van der Waals surface area contributed by atoms with E-state index in [1.807, 2.05) is 34.6 Å². The third-order valence-corrected chi connectivity index (χ3v) is 3.66. The Kier molecular flexibility index (Phi) is 9.83. The van der Waals surface area contributed by atoms with Gasteiger partial charge >= 0.3 is 5.97 Å². The van der Waals surface area contributed by atoms with Crippen molar-refractivity contribution < 1.29 is 19.0 Å². The van der Waals surface area contributed by atoms with Crippen LogP contribution in [0.5, 0.6) is 0 Å². The Morgan fingerprint density at radius 2 is 1.76 bits per heavy atom. The largest absolute Gasteiger partial charge is 0.465 e. The highest BCUT2D eigenvalue weighted by Gasteiger charge is 2.33. The second kappa shape index (κ2) is 10.1. The molecule has 1 atom stereocenters. The van der Waals surface area contributed by atoms with Crippen LogP contribution in [0.25, 0.3) is 0 Å². The Morgan fingerprint density at radius 3 is 2.29 bits per heavy atom. The van der Waals surface area contributed by atoms with Crippen molar-refractivity contribution in [2.75, 3.05) is 33.5 Å². The lowest BCUT2D eigenvalue weighted by molar-refractivity contribution is -0.151. The molecule has 0 bridgehead atoms. The zero-order valence-electron chi connectivity index (χ0n) is 14.6. The zero-order valence-corrected chi connectivity index (χ0v) is 14.6. The molecular formula is C16H33NO4. The van der Waals surface area contributed by atoms with E-state index in [1.165, 1.54) is 0 Å². The average molecular weight is 303 g/mol. The van der Waals surface area contributed by atoms with Crippen LogP contribution in [0.1, 0.15) is 53.9 Å². The van der Waals surface area contributed by atoms with Crippen LogP contribution in [0, 0.1) is 0 Å². The minimum absolute atomic E-state index is 0.150. The number of hydrogen-bond acceptors (Lipinski definition) is 5. The molecule has 0 rings (SSSR count). The molecule has 0 aromatic rings. The Labute approximate surface area is 129 Å². The fourth-order valence-electron chi connectivity index (χ4n) is 1.99. The Hall–Kier alpha value is -0.650. The second-order valence-corrected chi connectivity index (χ2v) is 6.01. The van der Waals surface area contributed by atoms with Crippen LogP contribution in [-0.2, 0) is 19.0 Å². The molecule has 0 aliphatic carbocycles. The van der Waals surface area contributed by atoms with Crippen LogP contribution >= 0.6 is 0 Å². The van der Waals surface area contributed by atoms with Crippen molar-refractivity contribution >= 4 is 5.97 Å². The van der Waals surface area contributed by atoms with Gasteiger partial charge in [0, 0.05) is 20.3 Å². The van der Waals surface area contributed by atoms with Crippen molar-refractivity contribution in [3.63, 3.8) is 0 Å². The first-order chi connectivity index (χ1) is 9.81. The molecule has 0 heterocycles. The van der Waals surface area contributed by atoms with E-state index in [-0.39, 0.29) is 11.6 Å². The average Bonchev–Trinajstić information content (AvgIpc) is 2.43. The number of hydrogen-bond donors (Lipinski definition) is 1. The molecule has 0 aliphatic rings. The minimum Gasteiger partial charge on any atom is -0.465 e. The van der Waals surface area contributed by atoms with E-state index in [0.717, 1.165) is 19.4 Å². The summed E-state index contributed by atoms with van der Waals surface area (Å²) >= 11 is 0. The van der Waals surface area contributed by atoms with Gasteiger partial charge in [-0.3, -0.25) is 4.79 Å². The Bertz CT molecular complexity index is 294. The molecule has 5 nitrogen and oxygen atoms in total. The van der Waals surface area contributed by atoms with Crippen molar-refractivity contribution in [3.05, 3.63) is 0 Å². The van der Waals surface area contributed by atoms with Crippen molar-refractivity contribution in [1.82, 2.24) is 5.32 Å². The van der Waals surface area contributed by atoms with Crippen LogP contribution < -0.4 is 5.32 Å². The number of carbonyl (C=O) groups excluding carboxylic acids is 1. The minimum atomic E-state index is -0.625. The van der Waals surface area contributed by atoms with Gasteiger partial charge in [0.05, 0.1) is 12.2 Å². The first kappa shape index (κ1) is 20.3. The van der Waals surface area contributed by atoms with Gasteiger partial charge in [-0.2, -0.15) is 0 Å². The van der Waals surface area contributed by atoms with Crippen molar-refractivity contribution in [1.29, 1.82) is 0 Å². The summed E-state index contributed by atoms with van der Waals surface area (Å²) in [5, 5.41) is 3.22. The van der Waals surface area contributed by atoms with E-state index in [0.29, 0.717) is 26.2 Å². The van der Waals surface area contributed by atoms with Gasteiger partial charge in [-0.15, -0.1) is 0 Å². The third-order valence-electron chi connectivity index (χ3n) is 3.66. The Balaban J connectivity index is 4.02. The highest BCUT2D eigenvalue weighted by molar-refractivity contribution is 5.80. The van der Waals surface area contributed by atoms with Crippen molar-refractivity contribution in [2.24, 2.45) is 0 Å². The highest BCUT2D eigenvalue weighted by atomic mass is 16.5. The number of esters is 1. The van der Waals surface area contributed by atoms with Crippen LogP contribution in [0.2, 0.25) is 0 Å². The van der Waals surface area contributed by atoms with E-state index in [1.54, 1.807) is 7.11 Å². The fourth-order valence-corrected chi connectivity index (χ4v) is 1.99. The van der Waals surface area contributed by atoms with Gasteiger partial charge in [0.1, 0.15) is 5.54 Å². The first-order valence-electron chi connectivity index (χ1n) is 7.86. The lowest BCUT2D eigenvalue weighted by atomic mass is 9.96. The topological polar surface area (TPSA) is 56.8 Å². The third kappa shape index (κ3) is 8.39. The molecule has 0 radical (unpaired) electrons. The van der Waals surface area contributed by atoms with E-state index < -0.39 is 5.54 Å². The number of likely N-dealkylation sites (N-methyl/N-ethyl adjacent to an activating group) is 1. The van der Waals surface area contributed by atoms with Crippen LogP contribution in [0.15, 0.2) is 0 Å². The smallest absolute Gasteiger partial charge is 0.326 e. The molecule has 0 saturated carbocycles. The predicted molar refractivity (Wildman–Crippen MR) is 84.5 cm³/mol. The summed E-state index contributed by atoms with van der Waals surface area (Å²) < 4.78 is 16.1. The standard InChI is InChI=1S/C16H33NO4/c1-7-17-16(5,14(18)21-8-2)10-9-12-20-13-11-15(3,4)19-6/h17H,7-13H2,1-6H3. The predicted octanol–water partition coefficient (Wildman–Crippen LogP) is 2.53. The summed E-state index contributed by atoms with van der Waals surface area (Å²) in [7, 11) is 1.71. The quantitative estimate of drug-likeness (QED) is 0.443. The number of ether oxygens (including phenoxy) is 3. The molecule has 0 saturated heterocycles. The van der Waals surface area contributed by atoms with Crippen LogP contribution in [-0.4, -0.2) is 50.6 Å². The van der Waals surface area contributed by atoms with E-state index >= 15 is 0 Å². The van der Waals surface area contributed by atoms with E-state index in [9.17, 15) is 4.79 Å². The monoisotopic (exact) mass is 303 g/mol. The molecule has 1 N–H and O–H groups in total. The zero-order chi connectivity index (χ0) is 16.4. The van der Waals surface area contributed by atoms with Gasteiger partial charge in [0.15, 0.2) is 0 Å². The van der Waals surface area contributed by atoms with Gasteiger partial charge in [-0.1, -0.05) is 6.92 Å². The van der Waals surface area contributed by atoms with Crippen LogP contribution in [0.3, 0.4) is 0 Å². The fraction of sp³-hybridized carbons (Fsp3) is 0.938. The van der Waals surface area contributed by atoms with Gasteiger partial charge in [0.2, 0.25) is 0 Å². The summed E-state index contributed by atoms with van der Waals surface area (Å²) in [6, 6.07) is 0. The number of nitrogens with one attached hydrogen (secondary N) is 1. The SMILES string of the molecule is CCNC(C)(CCCOCCC(C)(C)OC)C(=O)OCC. The molecule has 21 heavy (non-hydrogen) atoms. The van der Waals surface area contributed by atoms with Gasteiger partial charge in [-0.25, -0.2) is 0 Å². The van der Waals surface area contributed by atoms with E-state index in [4.69, 9.17) is 14.2 Å². The number of carbonyl (C=O) groups is 1. The summed E-state index contributed by atoms with van der Waals surface area (Å²) in [5.41, 5.74) is -0.775. The molecule has 0 aliphatic heterocycles. The van der Waals surface area contributed by atoms with Crippen molar-refractivity contribution in [2.45, 2.75) is 65.0 Å². The van der Waals surface area contributed by atoms with E-state index in [2.05, 4.69) is 5.32 Å². The lowest BCUT2D eigenvalue weighted by Crippen LogP contribution is -2.50. The molecular weight excluding hydrogens is 270 g/mol. The molecule has 1 unspecified atom stereocenters. The van der Waals surface area contributed by atoms with Gasteiger partial charge < -0.3 is 19.5 Å². The summed E-state index contributed by atoms with van der Waals surface area (Å²) in [5.74, 6) is -0.188. The highest BCUT2D eigenvalue weighted by Crippen LogP contribution is 2.16. The van der Waals surface area contributed by atoms with Crippen LogP contribution in [0.4, 0.5) is 0 Å². The maximum atomic E-state index is 12.0. The maximum Gasteiger partial charge on any atom is 0.326 e. The van der Waals surface area contributed by atoms with Gasteiger partial charge in [0.25, 0.3) is 0 Å².